The molecule has 0 saturated carbocycles. The Balaban J connectivity index is 2.09. The minimum atomic E-state index is -0.367. The predicted octanol–water partition coefficient (Wildman–Crippen LogP) is 2.64. The van der Waals surface area contributed by atoms with Crippen LogP contribution in [0.5, 0.6) is 0 Å². The van der Waals surface area contributed by atoms with E-state index in [9.17, 15) is 5.11 Å². The van der Waals surface area contributed by atoms with E-state index in [1.807, 2.05) is 0 Å². The van der Waals surface area contributed by atoms with Gasteiger partial charge in [-0.2, -0.15) is 0 Å². The molecule has 1 aromatic carbocycles. The fourth-order valence-corrected chi connectivity index (χ4v) is 2.99. The zero-order valence-corrected chi connectivity index (χ0v) is 12.6. The summed E-state index contributed by atoms with van der Waals surface area (Å²) in [6, 6.07) is 8.55. The van der Waals surface area contributed by atoms with Gasteiger partial charge in [0.1, 0.15) is 0 Å². The van der Waals surface area contributed by atoms with E-state index in [0.717, 1.165) is 31.6 Å². The number of aliphatic hydroxyl groups excluding tert-OH is 1. The van der Waals surface area contributed by atoms with Crippen molar-refractivity contribution in [3.05, 3.63) is 35.4 Å². The molecule has 2 rings (SSSR count). The van der Waals surface area contributed by atoms with Crippen LogP contribution < -0.4 is 5.73 Å². The van der Waals surface area contributed by atoms with Crippen molar-refractivity contribution in [3.63, 3.8) is 0 Å². The first kappa shape index (κ1) is 15.5. The third-order valence-corrected chi connectivity index (χ3v) is 4.45. The Morgan fingerprint density at radius 1 is 1.15 bits per heavy atom. The van der Waals surface area contributed by atoms with Gasteiger partial charge < -0.3 is 15.6 Å². The van der Waals surface area contributed by atoms with Crippen molar-refractivity contribution >= 4 is 0 Å². The van der Waals surface area contributed by atoms with E-state index < -0.39 is 0 Å². The Morgan fingerprint density at radius 3 is 2.20 bits per heavy atom. The van der Waals surface area contributed by atoms with Crippen LogP contribution in [-0.4, -0.2) is 31.0 Å². The molecule has 112 valence electrons. The highest BCUT2D eigenvalue weighted by molar-refractivity contribution is 5.28. The van der Waals surface area contributed by atoms with Gasteiger partial charge in [-0.1, -0.05) is 38.1 Å². The first-order valence-corrected chi connectivity index (χ1v) is 7.69. The normalized spacial score (nSPS) is 20.1. The average molecular weight is 277 g/mol. The van der Waals surface area contributed by atoms with E-state index in [2.05, 4.69) is 38.1 Å². The van der Waals surface area contributed by atoms with Gasteiger partial charge in [0.25, 0.3) is 0 Å². The summed E-state index contributed by atoms with van der Waals surface area (Å²) in [5.41, 5.74) is 8.39. The zero-order valence-electron chi connectivity index (χ0n) is 12.6. The molecule has 3 nitrogen and oxygen atoms in total. The molecule has 1 fully saturated rings. The quantitative estimate of drug-likeness (QED) is 0.870. The van der Waals surface area contributed by atoms with Crippen molar-refractivity contribution in [2.24, 2.45) is 11.7 Å². The summed E-state index contributed by atoms with van der Waals surface area (Å²) in [5.74, 6) is 0.863. The molecule has 1 aliphatic rings. The van der Waals surface area contributed by atoms with Gasteiger partial charge in [0.05, 0.1) is 6.10 Å². The van der Waals surface area contributed by atoms with Gasteiger partial charge in [-0.05, 0) is 35.8 Å². The topological polar surface area (TPSA) is 55.5 Å². The van der Waals surface area contributed by atoms with E-state index in [1.165, 1.54) is 5.56 Å². The van der Waals surface area contributed by atoms with Crippen molar-refractivity contribution in [2.75, 3.05) is 19.8 Å². The molecule has 1 aromatic rings. The third kappa shape index (κ3) is 3.60. The second kappa shape index (κ2) is 7.21. The molecule has 0 amide bonds. The summed E-state index contributed by atoms with van der Waals surface area (Å²) in [6.07, 6.45) is 1.50. The smallest absolute Gasteiger partial charge is 0.0650 e. The summed E-state index contributed by atoms with van der Waals surface area (Å²) >= 11 is 0. The maximum Gasteiger partial charge on any atom is 0.0650 e. The largest absolute Gasteiger partial charge is 0.392 e. The minimum absolute atomic E-state index is 0.0271. The van der Waals surface area contributed by atoms with Crippen LogP contribution in [-0.2, 0) is 4.74 Å². The maximum atomic E-state index is 10.6. The summed E-state index contributed by atoms with van der Waals surface area (Å²) in [6.45, 7) is 6.37. The maximum absolute atomic E-state index is 10.6. The standard InChI is InChI=1S/C17H27NO2/c1-12(2)13-3-5-14(6-4-13)16(11-18)17(19)15-7-9-20-10-8-15/h3-6,12,15-17,19H,7-11,18H2,1-2H3. The molecule has 3 N–H and O–H groups in total. The van der Waals surface area contributed by atoms with E-state index in [0.29, 0.717) is 18.4 Å². The second-order valence-electron chi connectivity index (χ2n) is 6.10. The number of nitrogens with two attached hydrogens (primary N) is 1. The molecule has 3 heteroatoms. The highest BCUT2D eigenvalue weighted by Crippen LogP contribution is 2.30. The van der Waals surface area contributed by atoms with E-state index in [-0.39, 0.29) is 12.0 Å². The van der Waals surface area contributed by atoms with Crippen LogP contribution in [0.25, 0.3) is 0 Å². The SMILES string of the molecule is CC(C)c1ccc(C(CN)C(O)C2CCOCC2)cc1. The van der Waals surface area contributed by atoms with Crippen LogP contribution in [0.4, 0.5) is 0 Å². The van der Waals surface area contributed by atoms with Crippen LogP contribution in [0.2, 0.25) is 0 Å². The van der Waals surface area contributed by atoms with Gasteiger partial charge in [-0.15, -0.1) is 0 Å². The lowest BCUT2D eigenvalue weighted by atomic mass is 9.82. The first-order chi connectivity index (χ1) is 9.63. The molecular formula is C17H27NO2. The monoisotopic (exact) mass is 277 g/mol. The average Bonchev–Trinajstić information content (AvgIpc) is 2.49. The Morgan fingerprint density at radius 2 is 1.70 bits per heavy atom. The molecule has 1 aliphatic heterocycles. The lowest BCUT2D eigenvalue weighted by Crippen LogP contribution is -2.35. The Bertz CT molecular complexity index is 396. The van der Waals surface area contributed by atoms with E-state index in [1.54, 1.807) is 0 Å². The number of hydrogen-bond donors (Lipinski definition) is 2. The van der Waals surface area contributed by atoms with Gasteiger partial charge in [0, 0.05) is 25.7 Å². The van der Waals surface area contributed by atoms with Crippen molar-refractivity contribution in [1.82, 2.24) is 0 Å². The fourth-order valence-electron chi connectivity index (χ4n) is 2.99. The van der Waals surface area contributed by atoms with E-state index >= 15 is 0 Å². The molecule has 0 spiro atoms. The summed E-state index contributed by atoms with van der Waals surface area (Å²) < 4.78 is 5.37. The summed E-state index contributed by atoms with van der Waals surface area (Å²) in [7, 11) is 0. The highest BCUT2D eigenvalue weighted by atomic mass is 16.5. The van der Waals surface area contributed by atoms with Crippen LogP contribution >= 0.6 is 0 Å². The molecule has 0 radical (unpaired) electrons. The van der Waals surface area contributed by atoms with Crippen LogP contribution in [0, 0.1) is 5.92 Å². The van der Waals surface area contributed by atoms with Gasteiger partial charge in [-0.3, -0.25) is 0 Å². The lowest BCUT2D eigenvalue weighted by Gasteiger charge is -2.32. The molecule has 0 aliphatic carbocycles. The van der Waals surface area contributed by atoms with E-state index in [4.69, 9.17) is 10.5 Å². The second-order valence-corrected chi connectivity index (χ2v) is 6.10. The van der Waals surface area contributed by atoms with Gasteiger partial charge in [0.15, 0.2) is 0 Å². The zero-order chi connectivity index (χ0) is 14.5. The molecule has 0 bridgehead atoms. The molecule has 0 aromatic heterocycles. The van der Waals surface area contributed by atoms with Crippen molar-refractivity contribution in [3.8, 4) is 0 Å². The fraction of sp³-hybridized carbons (Fsp3) is 0.647. The van der Waals surface area contributed by atoms with Gasteiger partial charge >= 0.3 is 0 Å². The number of rotatable bonds is 5. The lowest BCUT2D eigenvalue weighted by molar-refractivity contribution is -0.00194. The summed E-state index contributed by atoms with van der Waals surface area (Å²) in [4.78, 5) is 0. The first-order valence-electron chi connectivity index (χ1n) is 7.69. The van der Waals surface area contributed by atoms with Gasteiger partial charge in [-0.25, -0.2) is 0 Å². The van der Waals surface area contributed by atoms with Crippen molar-refractivity contribution in [1.29, 1.82) is 0 Å². The number of ether oxygens (including phenoxy) is 1. The van der Waals surface area contributed by atoms with Crippen molar-refractivity contribution in [2.45, 2.75) is 44.6 Å². The predicted molar refractivity (Wildman–Crippen MR) is 81.9 cm³/mol. The summed E-state index contributed by atoms with van der Waals surface area (Å²) in [5, 5.41) is 10.6. The highest BCUT2D eigenvalue weighted by Gasteiger charge is 2.29. The molecular weight excluding hydrogens is 250 g/mol. The Labute approximate surface area is 122 Å². The van der Waals surface area contributed by atoms with Crippen LogP contribution in [0.1, 0.15) is 49.7 Å². The molecule has 1 saturated heterocycles. The van der Waals surface area contributed by atoms with Crippen LogP contribution in [0.3, 0.4) is 0 Å². The molecule has 1 heterocycles. The Kier molecular flexibility index (Phi) is 5.58. The molecule has 2 unspecified atom stereocenters. The van der Waals surface area contributed by atoms with Crippen molar-refractivity contribution < 1.29 is 9.84 Å². The Hall–Kier alpha value is -0.900. The van der Waals surface area contributed by atoms with Crippen LogP contribution in [0.15, 0.2) is 24.3 Å². The molecule has 2 atom stereocenters. The third-order valence-electron chi connectivity index (χ3n) is 4.45. The molecule has 20 heavy (non-hydrogen) atoms. The number of benzene rings is 1. The van der Waals surface area contributed by atoms with Gasteiger partial charge in [0.2, 0.25) is 0 Å². The number of hydrogen-bond acceptors (Lipinski definition) is 3. The number of aliphatic hydroxyl groups is 1. The minimum Gasteiger partial charge on any atom is -0.392 e.